The van der Waals surface area contributed by atoms with Crippen LogP contribution in [0.15, 0.2) is 18.2 Å². The Morgan fingerprint density at radius 2 is 2.10 bits per heavy atom. The summed E-state index contributed by atoms with van der Waals surface area (Å²) in [4.78, 5) is 0. The molecule has 1 rings (SSSR count). The normalized spacial score (nSPS) is 14.2. The van der Waals surface area contributed by atoms with Crippen LogP contribution in [0.1, 0.15) is 30.6 Å². The highest BCUT2D eigenvalue weighted by molar-refractivity contribution is 5.26. The Morgan fingerprint density at radius 3 is 2.70 bits per heavy atom. The van der Waals surface area contributed by atoms with Gasteiger partial charge in [-0.1, -0.05) is 19.1 Å². The second-order valence-corrected chi connectivity index (χ2v) is 4.76. The van der Waals surface area contributed by atoms with Gasteiger partial charge in [-0.2, -0.15) is 0 Å². The first-order valence-corrected chi connectivity index (χ1v) is 6.96. The van der Waals surface area contributed by atoms with E-state index >= 15 is 0 Å². The van der Waals surface area contributed by atoms with E-state index in [-0.39, 0.29) is 18.5 Å². The lowest BCUT2D eigenvalue weighted by atomic mass is 9.98. The summed E-state index contributed by atoms with van der Waals surface area (Å²) in [7, 11) is 0. The van der Waals surface area contributed by atoms with Crippen molar-refractivity contribution in [1.82, 2.24) is 5.32 Å². The van der Waals surface area contributed by atoms with Crippen LogP contribution >= 0.6 is 0 Å². The fourth-order valence-corrected chi connectivity index (χ4v) is 2.05. The fourth-order valence-electron chi connectivity index (χ4n) is 2.05. The van der Waals surface area contributed by atoms with Crippen molar-refractivity contribution in [1.29, 1.82) is 0 Å². The topological polar surface area (TPSA) is 61.7 Å². The molecule has 0 radical (unpaired) electrons. The molecule has 1 aromatic rings. The molecule has 0 fully saturated rings. The molecule has 20 heavy (non-hydrogen) atoms. The largest absolute Gasteiger partial charge is 0.394 e. The lowest BCUT2D eigenvalue weighted by Crippen LogP contribution is -2.36. The Labute approximate surface area is 119 Å². The van der Waals surface area contributed by atoms with Crippen molar-refractivity contribution in [3.63, 3.8) is 0 Å². The van der Waals surface area contributed by atoms with Crippen molar-refractivity contribution in [2.24, 2.45) is 0 Å². The number of hydrogen-bond acceptors (Lipinski definition) is 4. The van der Waals surface area contributed by atoms with Crippen LogP contribution in [-0.2, 0) is 4.74 Å². The summed E-state index contributed by atoms with van der Waals surface area (Å²) in [5, 5.41) is 22.1. The van der Waals surface area contributed by atoms with Crippen molar-refractivity contribution in [3.05, 3.63) is 35.1 Å². The maximum Gasteiger partial charge on any atom is 0.126 e. The number of aliphatic hydroxyl groups is 2. The van der Waals surface area contributed by atoms with Gasteiger partial charge < -0.3 is 20.3 Å². The molecule has 0 heterocycles. The SMILES string of the molecule is CCC(NCCOCCO)C(O)c1ccc(F)c(C)c1. The van der Waals surface area contributed by atoms with Crippen LogP contribution in [0, 0.1) is 12.7 Å². The summed E-state index contributed by atoms with van der Waals surface area (Å²) in [5.74, 6) is -0.264. The van der Waals surface area contributed by atoms with Gasteiger partial charge in [-0.25, -0.2) is 4.39 Å². The van der Waals surface area contributed by atoms with E-state index in [0.717, 1.165) is 6.42 Å². The van der Waals surface area contributed by atoms with Crippen LogP contribution in [0.3, 0.4) is 0 Å². The van der Waals surface area contributed by atoms with E-state index in [1.54, 1.807) is 19.1 Å². The minimum atomic E-state index is -0.683. The second kappa shape index (κ2) is 9.02. The number of benzene rings is 1. The van der Waals surface area contributed by atoms with Gasteiger partial charge in [-0.3, -0.25) is 0 Å². The van der Waals surface area contributed by atoms with Crippen molar-refractivity contribution in [2.75, 3.05) is 26.4 Å². The third-order valence-corrected chi connectivity index (χ3v) is 3.23. The molecule has 0 bridgehead atoms. The third-order valence-electron chi connectivity index (χ3n) is 3.23. The summed E-state index contributed by atoms with van der Waals surface area (Å²) in [6, 6.07) is 4.55. The number of hydrogen-bond donors (Lipinski definition) is 3. The first-order valence-electron chi connectivity index (χ1n) is 6.96. The van der Waals surface area contributed by atoms with Crippen LogP contribution < -0.4 is 5.32 Å². The zero-order chi connectivity index (χ0) is 15.0. The van der Waals surface area contributed by atoms with Gasteiger partial charge in [0, 0.05) is 12.6 Å². The smallest absolute Gasteiger partial charge is 0.126 e. The molecule has 4 nitrogen and oxygen atoms in total. The van der Waals surface area contributed by atoms with E-state index in [2.05, 4.69) is 5.32 Å². The van der Waals surface area contributed by atoms with Crippen LogP contribution in [0.5, 0.6) is 0 Å². The molecule has 0 aliphatic rings. The minimum Gasteiger partial charge on any atom is -0.394 e. The Balaban J connectivity index is 2.52. The molecule has 0 aliphatic heterocycles. The lowest BCUT2D eigenvalue weighted by Gasteiger charge is -2.23. The Kier molecular flexibility index (Phi) is 7.69. The molecule has 0 saturated heterocycles. The minimum absolute atomic E-state index is 0.00862. The number of aliphatic hydroxyl groups excluding tert-OH is 2. The van der Waals surface area contributed by atoms with Crippen molar-refractivity contribution >= 4 is 0 Å². The summed E-state index contributed by atoms with van der Waals surface area (Å²) in [5.41, 5.74) is 1.24. The van der Waals surface area contributed by atoms with Gasteiger partial charge in [0.1, 0.15) is 5.82 Å². The molecular weight excluding hydrogens is 261 g/mol. The number of nitrogens with one attached hydrogen (secondary N) is 1. The Hall–Kier alpha value is -1.01. The number of halogens is 1. The molecule has 1 aromatic carbocycles. The lowest BCUT2D eigenvalue weighted by molar-refractivity contribution is 0.0824. The number of rotatable bonds is 9. The van der Waals surface area contributed by atoms with Crippen LogP contribution in [0.25, 0.3) is 0 Å². The molecule has 0 amide bonds. The summed E-state index contributed by atoms with van der Waals surface area (Å²) >= 11 is 0. The predicted molar refractivity (Wildman–Crippen MR) is 76.1 cm³/mol. The fraction of sp³-hybridized carbons (Fsp3) is 0.600. The monoisotopic (exact) mass is 285 g/mol. The molecule has 3 N–H and O–H groups in total. The van der Waals surface area contributed by atoms with E-state index in [4.69, 9.17) is 9.84 Å². The highest BCUT2D eigenvalue weighted by Crippen LogP contribution is 2.21. The summed E-state index contributed by atoms with van der Waals surface area (Å²) in [6.45, 7) is 5.06. The average molecular weight is 285 g/mol. The third kappa shape index (κ3) is 5.17. The van der Waals surface area contributed by atoms with E-state index in [1.165, 1.54) is 6.07 Å². The predicted octanol–water partition coefficient (Wildman–Crippen LogP) is 1.54. The van der Waals surface area contributed by atoms with E-state index in [0.29, 0.717) is 30.9 Å². The van der Waals surface area contributed by atoms with Gasteiger partial charge in [-0.15, -0.1) is 0 Å². The molecule has 0 aromatic heterocycles. The molecule has 0 spiro atoms. The second-order valence-electron chi connectivity index (χ2n) is 4.76. The summed E-state index contributed by atoms with van der Waals surface area (Å²) in [6.07, 6.45) is 0.0644. The maximum absolute atomic E-state index is 13.2. The molecular formula is C15H24FNO3. The van der Waals surface area contributed by atoms with Crippen LogP contribution in [0.4, 0.5) is 4.39 Å². The van der Waals surface area contributed by atoms with Gasteiger partial charge in [0.15, 0.2) is 0 Å². The maximum atomic E-state index is 13.2. The van der Waals surface area contributed by atoms with Crippen molar-refractivity contribution in [3.8, 4) is 0 Å². The van der Waals surface area contributed by atoms with Crippen molar-refractivity contribution < 1.29 is 19.3 Å². The Bertz CT molecular complexity index is 401. The van der Waals surface area contributed by atoms with Crippen LogP contribution in [-0.4, -0.2) is 42.6 Å². The Morgan fingerprint density at radius 1 is 1.35 bits per heavy atom. The zero-order valence-electron chi connectivity index (χ0n) is 12.1. The van der Waals surface area contributed by atoms with Gasteiger partial charge in [-0.05, 0) is 30.5 Å². The quantitative estimate of drug-likeness (QED) is 0.602. The zero-order valence-corrected chi connectivity index (χ0v) is 12.1. The van der Waals surface area contributed by atoms with Crippen LogP contribution in [0.2, 0.25) is 0 Å². The molecule has 114 valence electrons. The van der Waals surface area contributed by atoms with Gasteiger partial charge in [0.25, 0.3) is 0 Å². The highest BCUT2D eigenvalue weighted by Gasteiger charge is 2.19. The molecule has 5 heteroatoms. The van der Waals surface area contributed by atoms with E-state index in [9.17, 15) is 9.50 Å². The van der Waals surface area contributed by atoms with E-state index < -0.39 is 6.10 Å². The standard InChI is InChI=1S/C15H24FNO3/c1-3-14(17-6-8-20-9-7-18)15(19)12-4-5-13(16)11(2)10-12/h4-5,10,14-15,17-19H,3,6-9H2,1-2H3. The first kappa shape index (κ1) is 17.0. The van der Waals surface area contributed by atoms with Gasteiger partial charge in [0.2, 0.25) is 0 Å². The average Bonchev–Trinajstić information content (AvgIpc) is 2.45. The molecule has 2 unspecified atom stereocenters. The van der Waals surface area contributed by atoms with Gasteiger partial charge in [0.05, 0.1) is 25.9 Å². The molecule has 0 aliphatic carbocycles. The van der Waals surface area contributed by atoms with E-state index in [1.807, 2.05) is 6.92 Å². The number of ether oxygens (including phenoxy) is 1. The first-order chi connectivity index (χ1) is 9.60. The number of aryl methyl sites for hydroxylation is 1. The van der Waals surface area contributed by atoms with Gasteiger partial charge >= 0.3 is 0 Å². The molecule has 2 atom stereocenters. The van der Waals surface area contributed by atoms with Crippen molar-refractivity contribution in [2.45, 2.75) is 32.4 Å². The molecule has 0 saturated carbocycles. The highest BCUT2D eigenvalue weighted by atomic mass is 19.1. The summed E-state index contributed by atoms with van der Waals surface area (Å²) < 4.78 is 18.4.